The molecule has 1 aliphatic rings. The lowest BCUT2D eigenvalue weighted by atomic mass is 10.2. The number of aryl methyl sites for hydroxylation is 1. The van der Waals surface area contributed by atoms with Crippen molar-refractivity contribution in [3.63, 3.8) is 0 Å². The molecule has 0 radical (unpaired) electrons. The Labute approximate surface area is 162 Å². The highest BCUT2D eigenvalue weighted by atomic mass is 16.6. The van der Waals surface area contributed by atoms with E-state index in [9.17, 15) is 4.79 Å². The van der Waals surface area contributed by atoms with Gasteiger partial charge in [0, 0.05) is 11.6 Å². The summed E-state index contributed by atoms with van der Waals surface area (Å²) in [4.78, 5) is 16.5. The predicted octanol–water partition coefficient (Wildman–Crippen LogP) is 4.18. The third-order valence-corrected chi connectivity index (χ3v) is 4.24. The Morgan fingerprint density at radius 1 is 1.11 bits per heavy atom. The van der Waals surface area contributed by atoms with Crippen LogP contribution in [-0.2, 0) is 16.1 Å². The summed E-state index contributed by atoms with van der Waals surface area (Å²) in [5.74, 6) is 2.06. The molecule has 0 spiro atoms. The fraction of sp³-hybridized carbons (Fsp3) is 0.182. The van der Waals surface area contributed by atoms with Gasteiger partial charge in [-0.1, -0.05) is 24.3 Å². The first-order chi connectivity index (χ1) is 13.7. The molecule has 6 nitrogen and oxygen atoms in total. The van der Waals surface area contributed by atoms with Gasteiger partial charge in [0.25, 0.3) is 0 Å². The highest BCUT2D eigenvalue weighted by Crippen LogP contribution is 2.31. The molecule has 6 heteroatoms. The second kappa shape index (κ2) is 8.00. The Bertz CT molecular complexity index is 1010. The third kappa shape index (κ3) is 4.06. The minimum atomic E-state index is -0.460. The Morgan fingerprint density at radius 2 is 1.89 bits per heavy atom. The summed E-state index contributed by atoms with van der Waals surface area (Å²) in [6.07, 6.45) is 3.05. The molecule has 2 heterocycles. The van der Waals surface area contributed by atoms with Crippen LogP contribution in [0.1, 0.15) is 17.0 Å². The molecule has 0 atom stereocenters. The van der Waals surface area contributed by atoms with Gasteiger partial charge < -0.3 is 18.6 Å². The molecule has 142 valence electrons. The maximum atomic E-state index is 12.0. The molecule has 0 bridgehead atoms. The van der Waals surface area contributed by atoms with Gasteiger partial charge in [0.1, 0.15) is 31.3 Å². The van der Waals surface area contributed by atoms with Crippen LogP contribution in [0.4, 0.5) is 0 Å². The Hall–Kier alpha value is -3.54. The maximum Gasteiger partial charge on any atom is 0.331 e. The lowest BCUT2D eigenvalue weighted by Crippen LogP contribution is -2.15. The number of aromatic nitrogens is 1. The van der Waals surface area contributed by atoms with Crippen molar-refractivity contribution in [1.29, 1.82) is 0 Å². The molecular formula is C22H19NO5. The van der Waals surface area contributed by atoms with Crippen LogP contribution in [0.15, 0.2) is 59.0 Å². The van der Waals surface area contributed by atoms with Gasteiger partial charge in [0.15, 0.2) is 11.5 Å². The van der Waals surface area contributed by atoms with Crippen LogP contribution < -0.4 is 9.47 Å². The van der Waals surface area contributed by atoms with Crippen LogP contribution in [0.2, 0.25) is 0 Å². The van der Waals surface area contributed by atoms with Crippen molar-refractivity contribution in [2.75, 3.05) is 13.2 Å². The fourth-order valence-corrected chi connectivity index (χ4v) is 2.78. The van der Waals surface area contributed by atoms with Crippen LogP contribution in [0.25, 0.3) is 17.5 Å². The number of benzene rings is 2. The summed E-state index contributed by atoms with van der Waals surface area (Å²) < 4.78 is 22.0. The summed E-state index contributed by atoms with van der Waals surface area (Å²) in [5.41, 5.74) is 2.30. The summed E-state index contributed by atoms with van der Waals surface area (Å²) >= 11 is 0. The fourth-order valence-electron chi connectivity index (χ4n) is 2.78. The van der Waals surface area contributed by atoms with Gasteiger partial charge in [-0.3, -0.25) is 0 Å². The lowest BCUT2D eigenvalue weighted by Gasteiger charge is -2.18. The van der Waals surface area contributed by atoms with Gasteiger partial charge >= 0.3 is 5.97 Å². The normalized spacial score (nSPS) is 12.9. The largest absolute Gasteiger partial charge is 0.486 e. The smallest absolute Gasteiger partial charge is 0.331 e. The van der Waals surface area contributed by atoms with E-state index in [1.54, 1.807) is 13.0 Å². The minimum Gasteiger partial charge on any atom is -0.486 e. The van der Waals surface area contributed by atoms with E-state index in [1.807, 2.05) is 48.5 Å². The van der Waals surface area contributed by atoms with Gasteiger partial charge in [-0.15, -0.1) is 0 Å². The molecular weight excluding hydrogens is 358 g/mol. The summed E-state index contributed by atoms with van der Waals surface area (Å²) in [5, 5.41) is 0. The number of rotatable bonds is 5. The quantitative estimate of drug-likeness (QED) is 0.491. The first kappa shape index (κ1) is 17.9. The Kier molecular flexibility index (Phi) is 5.10. The number of ether oxygens (including phenoxy) is 3. The molecule has 4 rings (SSSR count). The van der Waals surface area contributed by atoms with Crippen molar-refractivity contribution >= 4 is 12.0 Å². The number of esters is 1. The van der Waals surface area contributed by atoms with Crippen LogP contribution >= 0.6 is 0 Å². The minimum absolute atomic E-state index is 0.0481. The standard InChI is InChI=1S/C22H19NO5/c1-15-18(23-22(28-15)17-5-3-2-4-6-17)14-27-21(24)10-8-16-7-9-19-20(13-16)26-12-11-25-19/h2-10,13H,11-12,14H2,1H3. The lowest BCUT2D eigenvalue weighted by molar-refractivity contribution is -0.139. The molecule has 1 aliphatic heterocycles. The van der Waals surface area contributed by atoms with E-state index in [0.29, 0.717) is 42.1 Å². The van der Waals surface area contributed by atoms with E-state index >= 15 is 0 Å². The number of hydrogen-bond donors (Lipinski definition) is 0. The second-order valence-electron chi connectivity index (χ2n) is 6.23. The highest BCUT2D eigenvalue weighted by molar-refractivity contribution is 5.87. The van der Waals surface area contributed by atoms with E-state index in [4.69, 9.17) is 18.6 Å². The van der Waals surface area contributed by atoms with Gasteiger partial charge in [-0.05, 0) is 42.8 Å². The molecule has 2 aromatic carbocycles. The molecule has 0 saturated heterocycles. The predicted molar refractivity (Wildman–Crippen MR) is 103 cm³/mol. The van der Waals surface area contributed by atoms with E-state index in [2.05, 4.69) is 4.98 Å². The Morgan fingerprint density at radius 3 is 2.71 bits per heavy atom. The topological polar surface area (TPSA) is 70.8 Å². The van der Waals surface area contributed by atoms with Crippen LogP contribution in [0.3, 0.4) is 0 Å². The van der Waals surface area contributed by atoms with Gasteiger partial charge in [-0.2, -0.15) is 0 Å². The SMILES string of the molecule is Cc1oc(-c2ccccc2)nc1COC(=O)C=Cc1ccc2c(c1)OCCO2. The molecule has 0 N–H and O–H groups in total. The number of nitrogens with zero attached hydrogens (tertiary/aromatic N) is 1. The number of carbonyl (C=O) groups excluding carboxylic acids is 1. The zero-order valence-electron chi connectivity index (χ0n) is 15.4. The van der Waals surface area contributed by atoms with E-state index < -0.39 is 5.97 Å². The maximum absolute atomic E-state index is 12.0. The van der Waals surface area contributed by atoms with Gasteiger partial charge in [0.2, 0.25) is 5.89 Å². The average Bonchev–Trinajstić information content (AvgIpc) is 3.12. The summed E-state index contributed by atoms with van der Waals surface area (Å²) in [7, 11) is 0. The third-order valence-electron chi connectivity index (χ3n) is 4.24. The molecule has 0 fully saturated rings. The summed E-state index contributed by atoms with van der Waals surface area (Å²) in [6, 6.07) is 15.1. The van der Waals surface area contributed by atoms with Gasteiger partial charge in [0.05, 0.1) is 0 Å². The molecule has 28 heavy (non-hydrogen) atoms. The molecule has 0 unspecified atom stereocenters. The first-order valence-electron chi connectivity index (χ1n) is 8.95. The van der Waals surface area contributed by atoms with Crippen LogP contribution in [0, 0.1) is 6.92 Å². The zero-order chi connectivity index (χ0) is 19.3. The first-order valence-corrected chi connectivity index (χ1v) is 8.95. The number of carbonyl (C=O) groups is 1. The zero-order valence-corrected chi connectivity index (χ0v) is 15.4. The molecule has 3 aromatic rings. The van der Waals surface area contributed by atoms with Crippen LogP contribution in [-0.4, -0.2) is 24.2 Å². The van der Waals surface area contributed by atoms with Gasteiger partial charge in [-0.25, -0.2) is 9.78 Å². The number of fused-ring (bicyclic) bond motifs is 1. The number of hydrogen-bond acceptors (Lipinski definition) is 6. The average molecular weight is 377 g/mol. The van der Waals surface area contributed by atoms with E-state index in [-0.39, 0.29) is 6.61 Å². The van der Waals surface area contributed by atoms with Crippen molar-refractivity contribution in [1.82, 2.24) is 4.98 Å². The van der Waals surface area contributed by atoms with E-state index in [0.717, 1.165) is 11.1 Å². The summed E-state index contributed by atoms with van der Waals surface area (Å²) in [6.45, 7) is 2.91. The van der Waals surface area contributed by atoms with Crippen molar-refractivity contribution in [3.8, 4) is 23.0 Å². The van der Waals surface area contributed by atoms with Crippen LogP contribution in [0.5, 0.6) is 11.5 Å². The van der Waals surface area contributed by atoms with Crippen molar-refractivity contribution in [2.24, 2.45) is 0 Å². The molecule has 0 amide bonds. The molecule has 0 aliphatic carbocycles. The van der Waals surface area contributed by atoms with Crippen molar-refractivity contribution < 1.29 is 23.4 Å². The molecule has 0 saturated carbocycles. The van der Waals surface area contributed by atoms with E-state index in [1.165, 1.54) is 6.08 Å². The monoisotopic (exact) mass is 377 g/mol. The Balaban J connectivity index is 1.37. The molecule has 1 aromatic heterocycles. The highest BCUT2D eigenvalue weighted by Gasteiger charge is 2.13. The van der Waals surface area contributed by atoms with Crippen molar-refractivity contribution in [3.05, 3.63) is 71.6 Å². The second-order valence-corrected chi connectivity index (χ2v) is 6.23. The van der Waals surface area contributed by atoms with Crippen molar-refractivity contribution in [2.45, 2.75) is 13.5 Å². The number of oxazole rings is 1.